The van der Waals surface area contributed by atoms with Crippen LogP contribution in [0.25, 0.3) is 5.69 Å². The van der Waals surface area contributed by atoms with Gasteiger partial charge in [-0.1, -0.05) is 30.0 Å². The number of hydrogen-bond acceptors (Lipinski definition) is 9. The third kappa shape index (κ3) is 6.80. The van der Waals surface area contributed by atoms with E-state index in [-0.39, 0.29) is 30.2 Å². The van der Waals surface area contributed by atoms with E-state index in [4.69, 9.17) is 14.6 Å². The molecule has 0 saturated heterocycles. The molecule has 0 radical (unpaired) electrons. The number of thioether (sulfide) groups is 1. The Balaban J connectivity index is 1.22. The molecule has 13 heteroatoms. The van der Waals surface area contributed by atoms with Crippen LogP contribution in [0.2, 0.25) is 0 Å². The van der Waals surface area contributed by atoms with E-state index in [1.54, 1.807) is 71.5 Å². The van der Waals surface area contributed by atoms with E-state index in [9.17, 15) is 14.0 Å². The number of benzene rings is 3. The van der Waals surface area contributed by atoms with Crippen LogP contribution >= 0.6 is 23.1 Å². The van der Waals surface area contributed by atoms with E-state index < -0.39 is 5.82 Å². The Hall–Kier alpha value is -5.01. The second-order valence-electron chi connectivity index (χ2n) is 10.2. The molecule has 1 N–H and O–H groups in total. The van der Waals surface area contributed by atoms with Gasteiger partial charge in [0.1, 0.15) is 17.3 Å². The van der Waals surface area contributed by atoms with E-state index in [1.807, 2.05) is 41.8 Å². The maximum atomic E-state index is 13.8. The third-order valence-corrected chi connectivity index (χ3v) is 9.17. The number of nitrogens with one attached hydrogen (secondary N) is 1. The highest BCUT2D eigenvalue weighted by molar-refractivity contribution is 7.99. The number of hydrazone groups is 1. The van der Waals surface area contributed by atoms with Crippen LogP contribution in [-0.4, -0.2) is 57.3 Å². The standard InChI is InChI=1S/C33H29FN6O4S2/c1-43-25-13-5-21(6-14-25)28-18-27(29-4-3-17-45-29)38-40(28)31(41)20-46-33-37-36-30(39(33)24-11-9-23(34)10-12-24)19-35-32(42)22-7-15-26(44-2)16-8-22/h3-17,28H,18-20H2,1-2H3,(H,35,42)/t28-/m1/s1. The largest absolute Gasteiger partial charge is 0.497 e. The quantitative estimate of drug-likeness (QED) is 0.177. The molecule has 0 bridgehead atoms. The second-order valence-corrected chi connectivity index (χ2v) is 12.1. The van der Waals surface area contributed by atoms with Crippen molar-refractivity contribution in [2.45, 2.75) is 24.2 Å². The van der Waals surface area contributed by atoms with Gasteiger partial charge in [0.25, 0.3) is 11.8 Å². The van der Waals surface area contributed by atoms with Gasteiger partial charge in [-0.25, -0.2) is 9.40 Å². The fraction of sp³-hybridized carbons (Fsp3) is 0.182. The van der Waals surface area contributed by atoms with E-state index in [2.05, 4.69) is 15.5 Å². The lowest BCUT2D eigenvalue weighted by molar-refractivity contribution is -0.130. The van der Waals surface area contributed by atoms with Gasteiger partial charge in [0.15, 0.2) is 11.0 Å². The maximum absolute atomic E-state index is 13.8. The number of aromatic nitrogens is 3. The molecule has 234 valence electrons. The van der Waals surface area contributed by atoms with Crippen LogP contribution in [-0.2, 0) is 11.3 Å². The Morgan fingerprint density at radius 1 is 0.957 bits per heavy atom. The van der Waals surface area contributed by atoms with E-state index in [1.165, 1.54) is 23.9 Å². The molecule has 2 aromatic heterocycles. The number of thiophene rings is 1. The van der Waals surface area contributed by atoms with Crippen LogP contribution in [0, 0.1) is 5.82 Å². The van der Waals surface area contributed by atoms with Gasteiger partial charge in [0.05, 0.1) is 43.1 Å². The molecule has 0 unspecified atom stereocenters. The number of hydrogen-bond donors (Lipinski definition) is 1. The molecule has 2 amide bonds. The lowest BCUT2D eigenvalue weighted by Crippen LogP contribution is -2.28. The first-order valence-corrected chi connectivity index (χ1v) is 16.1. The van der Waals surface area contributed by atoms with Crippen LogP contribution < -0.4 is 14.8 Å². The summed E-state index contributed by atoms with van der Waals surface area (Å²) in [5, 5.41) is 20.2. The number of halogens is 1. The first-order valence-electron chi connectivity index (χ1n) is 14.3. The molecule has 1 aliphatic rings. The van der Waals surface area contributed by atoms with Gasteiger partial charge < -0.3 is 14.8 Å². The van der Waals surface area contributed by atoms with Gasteiger partial charge in [-0.15, -0.1) is 21.5 Å². The first kappa shape index (κ1) is 31.0. The SMILES string of the molecule is COc1ccc(C(=O)NCc2nnc(SCC(=O)N3N=C(c4cccs4)C[C@@H]3c3ccc(OC)cc3)n2-c2ccc(F)cc2)cc1. The first-order chi connectivity index (χ1) is 22.4. The molecule has 1 aliphatic heterocycles. The lowest BCUT2D eigenvalue weighted by Gasteiger charge is -2.22. The van der Waals surface area contributed by atoms with Gasteiger partial charge in [-0.05, 0) is 77.7 Å². The number of rotatable bonds is 11. The van der Waals surface area contributed by atoms with Crippen molar-refractivity contribution in [3.63, 3.8) is 0 Å². The predicted molar refractivity (Wildman–Crippen MR) is 174 cm³/mol. The summed E-state index contributed by atoms with van der Waals surface area (Å²) >= 11 is 2.77. The normalized spacial score (nSPS) is 14.2. The smallest absolute Gasteiger partial charge is 0.253 e. The topological polar surface area (TPSA) is 111 Å². The van der Waals surface area contributed by atoms with Crippen LogP contribution in [0.15, 0.2) is 101 Å². The molecule has 10 nitrogen and oxygen atoms in total. The predicted octanol–water partition coefficient (Wildman–Crippen LogP) is 5.89. The molecule has 0 spiro atoms. The lowest BCUT2D eigenvalue weighted by atomic mass is 10.0. The zero-order valence-corrected chi connectivity index (χ0v) is 26.6. The average Bonchev–Trinajstić information content (AvgIpc) is 3.87. The minimum atomic E-state index is -0.395. The number of methoxy groups -OCH3 is 2. The highest BCUT2D eigenvalue weighted by Crippen LogP contribution is 2.35. The van der Waals surface area contributed by atoms with Gasteiger partial charge in [-0.2, -0.15) is 5.10 Å². The summed E-state index contributed by atoms with van der Waals surface area (Å²) in [5.41, 5.74) is 2.83. The summed E-state index contributed by atoms with van der Waals surface area (Å²) in [5.74, 6) is 0.893. The fourth-order valence-electron chi connectivity index (χ4n) is 4.97. The molecule has 0 aliphatic carbocycles. The minimum absolute atomic E-state index is 0.0193. The molecule has 1 atom stereocenters. The van der Waals surface area contributed by atoms with Gasteiger partial charge in [0, 0.05) is 17.7 Å². The maximum Gasteiger partial charge on any atom is 0.253 e. The van der Waals surface area contributed by atoms with Crippen molar-refractivity contribution >= 4 is 40.6 Å². The van der Waals surface area contributed by atoms with Gasteiger partial charge in [-0.3, -0.25) is 14.2 Å². The summed E-state index contributed by atoms with van der Waals surface area (Å²) in [6.07, 6.45) is 0.576. The second kappa shape index (κ2) is 14.0. The van der Waals surface area contributed by atoms with Crippen molar-refractivity contribution in [1.82, 2.24) is 25.1 Å². The zero-order valence-electron chi connectivity index (χ0n) is 24.9. The molecule has 0 fully saturated rings. The van der Waals surface area contributed by atoms with Crippen molar-refractivity contribution in [3.05, 3.63) is 118 Å². The van der Waals surface area contributed by atoms with Crippen LogP contribution in [0.1, 0.15) is 39.1 Å². The highest BCUT2D eigenvalue weighted by atomic mass is 32.2. The van der Waals surface area contributed by atoms with Crippen molar-refractivity contribution in [1.29, 1.82) is 0 Å². The van der Waals surface area contributed by atoms with Crippen molar-refractivity contribution in [2.75, 3.05) is 20.0 Å². The van der Waals surface area contributed by atoms with Crippen LogP contribution in [0.3, 0.4) is 0 Å². The fourth-order valence-corrected chi connectivity index (χ4v) is 6.52. The Morgan fingerprint density at radius 2 is 1.65 bits per heavy atom. The summed E-state index contributed by atoms with van der Waals surface area (Å²) in [6, 6.07) is 23.9. The van der Waals surface area contributed by atoms with E-state index in [0.717, 1.165) is 21.9 Å². The molecular formula is C33H29FN6O4S2. The third-order valence-electron chi connectivity index (χ3n) is 7.34. The van der Waals surface area contributed by atoms with Crippen molar-refractivity contribution in [3.8, 4) is 17.2 Å². The Bertz CT molecular complexity index is 1840. The molecule has 3 aromatic carbocycles. The van der Waals surface area contributed by atoms with Crippen LogP contribution in [0.5, 0.6) is 11.5 Å². The molecule has 5 aromatic rings. The number of amides is 2. The van der Waals surface area contributed by atoms with Crippen molar-refractivity contribution in [2.24, 2.45) is 5.10 Å². The van der Waals surface area contributed by atoms with Crippen molar-refractivity contribution < 1.29 is 23.5 Å². The molecule has 3 heterocycles. The Labute approximate surface area is 272 Å². The molecule has 46 heavy (non-hydrogen) atoms. The van der Waals surface area contributed by atoms with Gasteiger partial charge in [0.2, 0.25) is 0 Å². The van der Waals surface area contributed by atoms with E-state index in [0.29, 0.717) is 34.4 Å². The monoisotopic (exact) mass is 656 g/mol. The number of ether oxygens (including phenoxy) is 2. The zero-order chi connectivity index (χ0) is 32.0. The minimum Gasteiger partial charge on any atom is -0.497 e. The summed E-state index contributed by atoms with van der Waals surface area (Å²) < 4.78 is 26.0. The van der Waals surface area contributed by atoms with E-state index >= 15 is 0 Å². The highest BCUT2D eigenvalue weighted by Gasteiger charge is 2.33. The molecule has 6 rings (SSSR count). The number of nitrogens with zero attached hydrogens (tertiary/aromatic N) is 5. The number of carbonyl (C=O) groups is 2. The Morgan fingerprint density at radius 3 is 2.30 bits per heavy atom. The average molecular weight is 657 g/mol. The van der Waals surface area contributed by atoms with Crippen LogP contribution in [0.4, 0.5) is 4.39 Å². The Kier molecular flexibility index (Phi) is 9.41. The summed E-state index contributed by atoms with van der Waals surface area (Å²) in [4.78, 5) is 27.6. The summed E-state index contributed by atoms with van der Waals surface area (Å²) in [6.45, 7) is 0.0455. The number of carbonyl (C=O) groups excluding carboxylic acids is 2. The van der Waals surface area contributed by atoms with Gasteiger partial charge >= 0.3 is 0 Å². The molecule has 0 saturated carbocycles. The molecular weight excluding hydrogens is 628 g/mol. The summed E-state index contributed by atoms with van der Waals surface area (Å²) in [7, 11) is 3.17.